The average Bonchev–Trinajstić information content (AvgIpc) is 3.15. The number of urea groups is 1. The molecule has 1 aromatic heterocycles. The fourth-order valence-electron chi connectivity index (χ4n) is 2.85. The minimum absolute atomic E-state index is 0.153. The molecule has 3 rings (SSSR count). The Balaban J connectivity index is 1.90. The molecule has 134 valence electrons. The van der Waals surface area contributed by atoms with E-state index in [1.54, 1.807) is 31.2 Å². The second-order valence-corrected chi connectivity index (χ2v) is 5.93. The van der Waals surface area contributed by atoms with Crippen LogP contribution in [0.1, 0.15) is 35.0 Å². The van der Waals surface area contributed by atoms with Crippen molar-refractivity contribution in [2.45, 2.75) is 20.3 Å². The van der Waals surface area contributed by atoms with E-state index >= 15 is 0 Å². The molecule has 1 saturated heterocycles. The first kappa shape index (κ1) is 17.5. The van der Waals surface area contributed by atoms with Gasteiger partial charge in [-0.2, -0.15) is 0 Å². The minimum atomic E-state index is -1.01. The van der Waals surface area contributed by atoms with Gasteiger partial charge < -0.3 is 14.8 Å². The summed E-state index contributed by atoms with van der Waals surface area (Å²) in [5, 5.41) is 11.8. The summed E-state index contributed by atoms with van der Waals surface area (Å²) in [6, 6.07) is 7.86. The third-order valence-corrected chi connectivity index (χ3v) is 4.15. The monoisotopic (exact) mass is 354 g/mol. The van der Waals surface area contributed by atoms with Crippen molar-refractivity contribution in [1.29, 1.82) is 0 Å². The first-order chi connectivity index (χ1) is 12.4. The predicted octanol–water partition coefficient (Wildman–Crippen LogP) is 3.26. The number of nitrogens with zero attached hydrogens (tertiary/aromatic N) is 1. The van der Waals surface area contributed by atoms with Gasteiger partial charge in [-0.3, -0.25) is 9.69 Å². The second kappa shape index (κ2) is 6.87. The van der Waals surface area contributed by atoms with Gasteiger partial charge in [-0.05, 0) is 37.1 Å². The van der Waals surface area contributed by atoms with Crippen molar-refractivity contribution in [3.63, 3.8) is 0 Å². The highest BCUT2D eigenvalue weighted by atomic mass is 16.4. The van der Waals surface area contributed by atoms with Crippen LogP contribution in [0.4, 0.5) is 4.79 Å². The number of benzene rings is 1. The quantitative estimate of drug-likeness (QED) is 0.634. The number of carbonyl (C=O) groups excluding carboxylic acids is 2. The van der Waals surface area contributed by atoms with Crippen LogP contribution in [0.2, 0.25) is 0 Å². The van der Waals surface area contributed by atoms with Crippen LogP contribution in [0.25, 0.3) is 17.4 Å². The van der Waals surface area contributed by atoms with Gasteiger partial charge in [0.2, 0.25) is 0 Å². The highest BCUT2D eigenvalue weighted by Crippen LogP contribution is 2.28. The van der Waals surface area contributed by atoms with Gasteiger partial charge in [0.05, 0.1) is 5.56 Å². The van der Waals surface area contributed by atoms with Crippen molar-refractivity contribution in [2.24, 2.45) is 0 Å². The average molecular weight is 354 g/mol. The van der Waals surface area contributed by atoms with E-state index in [9.17, 15) is 19.5 Å². The Hall–Kier alpha value is -3.35. The molecule has 0 bridgehead atoms. The predicted molar refractivity (Wildman–Crippen MR) is 94.4 cm³/mol. The number of nitrogens with one attached hydrogen (secondary N) is 1. The molecule has 2 aromatic rings. The highest BCUT2D eigenvalue weighted by Gasteiger charge is 2.32. The Morgan fingerprint density at radius 3 is 2.73 bits per heavy atom. The standard InChI is InChI=1S/C19H18N2O5/c1-3-9-21-17(22)15(20-19(21)25)10-12-7-8-16(26-12)13-5-4-6-14(11(13)2)18(23)24/h4-8,10H,3,9H2,1-2H3,(H,20,25)(H,23,24)/b15-10+. The maximum absolute atomic E-state index is 12.2. The van der Waals surface area contributed by atoms with Gasteiger partial charge in [0.15, 0.2) is 0 Å². The number of carbonyl (C=O) groups is 3. The number of amides is 3. The van der Waals surface area contributed by atoms with Gasteiger partial charge in [-0.25, -0.2) is 9.59 Å². The molecule has 1 aromatic carbocycles. The summed E-state index contributed by atoms with van der Waals surface area (Å²) < 4.78 is 5.73. The molecule has 0 spiro atoms. The SMILES string of the molecule is CCCN1C(=O)N/C(=C/c2ccc(-c3cccc(C(=O)O)c3C)o2)C1=O. The molecule has 3 amide bonds. The molecule has 0 saturated carbocycles. The Labute approximate surface area is 149 Å². The lowest BCUT2D eigenvalue weighted by atomic mass is 10.0. The zero-order chi connectivity index (χ0) is 18.8. The lowest BCUT2D eigenvalue weighted by Gasteiger charge is -2.08. The fraction of sp³-hybridized carbons (Fsp3) is 0.211. The second-order valence-electron chi connectivity index (χ2n) is 5.93. The topological polar surface area (TPSA) is 99.8 Å². The Bertz CT molecular complexity index is 926. The smallest absolute Gasteiger partial charge is 0.335 e. The molecule has 2 heterocycles. The number of carboxylic acids is 1. The van der Waals surface area contributed by atoms with E-state index in [-0.39, 0.29) is 17.2 Å². The zero-order valence-electron chi connectivity index (χ0n) is 14.4. The maximum atomic E-state index is 12.2. The number of hydrogen-bond donors (Lipinski definition) is 2. The van der Waals surface area contributed by atoms with Gasteiger partial charge >= 0.3 is 12.0 Å². The van der Waals surface area contributed by atoms with E-state index in [4.69, 9.17) is 4.42 Å². The summed E-state index contributed by atoms with van der Waals surface area (Å²) in [6.45, 7) is 3.95. The Morgan fingerprint density at radius 1 is 1.27 bits per heavy atom. The number of carboxylic acid groups (broad SMARTS) is 1. The maximum Gasteiger partial charge on any atom is 0.335 e. The summed E-state index contributed by atoms with van der Waals surface area (Å²) in [6.07, 6.45) is 2.15. The van der Waals surface area contributed by atoms with E-state index in [1.165, 1.54) is 12.1 Å². The Morgan fingerprint density at radius 2 is 2.04 bits per heavy atom. The molecular formula is C19H18N2O5. The molecule has 0 aliphatic carbocycles. The summed E-state index contributed by atoms with van der Waals surface area (Å²) in [4.78, 5) is 36.5. The first-order valence-corrected chi connectivity index (χ1v) is 8.20. The van der Waals surface area contributed by atoms with E-state index in [1.807, 2.05) is 6.92 Å². The lowest BCUT2D eigenvalue weighted by Crippen LogP contribution is -2.31. The van der Waals surface area contributed by atoms with Crippen LogP contribution >= 0.6 is 0 Å². The number of rotatable bonds is 5. The van der Waals surface area contributed by atoms with Crippen molar-refractivity contribution in [1.82, 2.24) is 10.2 Å². The lowest BCUT2D eigenvalue weighted by molar-refractivity contribution is -0.122. The molecule has 0 atom stereocenters. The van der Waals surface area contributed by atoms with E-state index < -0.39 is 12.0 Å². The summed E-state index contributed by atoms with van der Waals surface area (Å²) in [7, 11) is 0. The molecule has 7 nitrogen and oxygen atoms in total. The molecule has 1 fully saturated rings. The number of furan rings is 1. The van der Waals surface area contributed by atoms with Gasteiger partial charge in [0.1, 0.15) is 17.2 Å². The van der Waals surface area contributed by atoms with E-state index in [0.29, 0.717) is 35.6 Å². The fourth-order valence-corrected chi connectivity index (χ4v) is 2.85. The van der Waals surface area contributed by atoms with Gasteiger partial charge in [-0.15, -0.1) is 0 Å². The van der Waals surface area contributed by atoms with Crippen molar-refractivity contribution in [3.8, 4) is 11.3 Å². The van der Waals surface area contributed by atoms with Gasteiger partial charge in [0.25, 0.3) is 5.91 Å². The molecule has 2 N–H and O–H groups in total. The largest absolute Gasteiger partial charge is 0.478 e. The normalized spacial score (nSPS) is 15.6. The first-order valence-electron chi connectivity index (χ1n) is 8.20. The van der Waals surface area contributed by atoms with Crippen molar-refractivity contribution < 1.29 is 23.9 Å². The van der Waals surface area contributed by atoms with Crippen molar-refractivity contribution in [3.05, 3.63) is 52.9 Å². The number of imide groups is 1. The van der Waals surface area contributed by atoms with Crippen molar-refractivity contribution in [2.75, 3.05) is 6.54 Å². The van der Waals surface area contributed by atoms with Crippen LogP contribution in [0.3, 0.4) is 0 Å². The molecule has 0 unspecified atom stereocenters. The Kier molecular flexibility index (Phi) is 4.62. The van der Waals surface area contributed by atoms with E-state index in [2.05, 4.69) is 5.32 Å². The highest BCUT2D eigenvalue weighted by molar-refractivity contribution is 6.13. The van der Waals surface area contributed by atoms with Crippen LogP contribution in [0, 0.1) is 6.92 Å². The summed E-state index contributed by atoms with van der Waals surface area (Å²) >= 11 is 0. The van der Waals surface area contributed by atoms with Crippen LogP contribution in [-0.4, -0.2) is 34.5 Å². The summed E-state index contributed by atoms with van der Waals surface area (Å²) in [5.74, 6) is -0.519. The van der Waals surface area contributed by atoms with Gasteiger partial charge in [-0.1, -0.05) is 19.1 Å². The third-order valence-electron chi connectivity index (χ3n) is 4.15. The third kappa shape index (κ3) is 3.11. The molecule has 7 heteroatoms. The van der Waals surface area contributed by atoms with Gasteiger partial charge in [0, 0.05) is 18.2 Å². The minimum Gasteiger partial charge on any atom is -0.478 e. The van der Waals surface area contributed by atoms with Crippen LogP contribution in [-0.2, 0) is 4.79 Å². The molecule has 1 aliphatic rings. The van der Waals surface area contributed by atoms with Crippen molar-refractivity contribution >= 4 is 24.0 Å². The molecule has 0 radical (unpaired) electrons. The summed E-state index contributed by atoms with van der Waals surface area (Å²) in [5.41, 5.74) is 1.60. The van der Waals surface area contributed by atoms with Crippen LogP contribution in [0.5, 0.6) is 0 Å². The number of aromatic carboxylic acids is 1. The molecular weight excluding hydrogens is 336 g/mol. The number of hydrogen-bond acceptors (Lipinski definition) is 4. The molecule has 26 heavy (non-hydrogen) atoms. The zero-order valence-corrected chi connectivity index (χ0v) is 14.4. The van der Waals surface area contributed by atoms with Crippen LogP contribution in [0.15, 0.2) is 40.4 Å². The van der Waals surface area contributed by atoms with E-state index in [0.717, 1.165) is 4.90 Å². The van der Waals surface area contributed by atoms with Crippen LogP contribution < -0.4 is 5.32 Å². The molecule has 1 aliphatic heterocycles.